The molecule has 0 saturated heterocycles. The van der Waals surface area contributed by atoms with Gasteiger partial charge in [-0.15, -0.1) is 0 Å². The van der Waals surface area contributed by atoms with E-state index in [4.69, 9.17) is 4.74 Å². The average molecular weight is 289 g/mol. The van der Waals surface area contributed by atoms with E-state index >= 15 is 0 Å². The van der Waals surface area contributed by atoms with Crippen LogP contribution in [0.25, 0.3) is 6.08 Å². The summed E-state index contributed by atoms with van der Waals surface area (Å²) in [5.41, 5.74) is 1.37. The highest BCUT2D eigenvalue weighted by molar-refractivity contribution is 6.13. The lowest BCUT2D eigenvalue weighted by molar-refractivity contribution is 0.104. The van der Waals surface area contributed by atoms with Gasteiger partial charge in [0.15, 0.2) is 0 Å². The second-order valence-electron chi connectivity index (χ2n) is 4.53. The van der Waals surface area contributed by atoms with E-state index in [1.54, 1.807) is 60.7 Å². The molecule has 0 unspecified atom stereocenters. The van der Waals surface area contributed by atoms with Crippen molar-refractivity contribution in [3.8, 4) is 11.8 Å². The maximum absolute atomic E-state index is 12.3. The summed E-state index contributed by atoms with van der Waals surface area (Å²) in [5.74, 6) is 0.431. The summed E-state index contributed by atoms with van der Waals surface area (Å²) in [5, 5.41) is 9.21. The molecule has 2 aromatic carbocycles. The second kappa shape index (κ2) is 7.61. The Kier molecular flexibility index (Phi) is 5.28. The summed E-state index contributed by atoms with van der Waals surface area (Å²) in [6, 6.07) is 17.9. The molecule has 3 nitrogen and oxygen atoms in total. The average Bonchev–Trinajstić information content (AvgIpc) is 2.59. The highest BCUT2D eigenvalue weighted by Crippen LogP contribution is 2.16. The quantitative estimate of drug-likeness (QED) is 0.349. The van der Waals surface area contributed by atoms with Crippen LogP contribution < -0.4 is 4.74 Å². The number of nitrogens with zero attached hydrogens (tertiary/aromatic N) is 1. The van der Waals surface area contributed by atoms with Gasteiger partial charge in [0.05, 0.1) is 0 Å². The predicted molar refractivity (Wildman–Crippen MR) is 86.5 cm³/mol. The molecule has 0 N–H and O–H groups in total. The largest absolute Gasteiger partial charge is 0.490 e. The highest BCUT2D eigenvalue weighted by atomic mass is 16.5. The first-order chi connectivity index (χ1) is 10.7. The number of benzene rings is 2. The van der Waals surface area contributed by atoms with Crippen molar-refractivity contribution in [1.82, 2.24) is 0 Å². The van der Waals surface area contributed by atoms with Gasteiger partial charge < -0.3 is 4.74 Å². The maximum Gasteiger partial charge on any atom is 0.203 e. The number of rotatable bonds is 6. The summed E-state index contributed by atoms with van der Waals surface area (Å²) >= 11 is 0. The number of ketones is 1. The third-order valence-electron chi connectivity index (χ3n) is 2.96. The molecule has 0 aromatic heterocycles. The first kappa shape index (κ1) is 15.3. The lowest BCUT2D eigenvalue weighted by Crippen LogP contribution is -2.01. The van der Waals surface area contributed by atoms with Crippen LogP contribution in [0.15, 0.2) is 72.8 Å². The van der Waals surface area contributed by atoms with Crippen LogP contribution in [0, 0.1) is 11.3 Å². The number of allylic oxidation sites excluding steroid dienone is 1. The summed E-state index contributed by atoms with van der Waals surface area (Å²) in [7, 11) is 0. The second-order valence-corrected chi connectivity index (χ2v) is 4.53. The molecule has 0 bridgehead atoms. The number of nitriles is 1. The van der Waals surface area contributed by atoms with E-state index in [9.17, 15) is 10.1 Å². The molecular weight excluding hydrogens is 274 g/mol. The SMILES string of the molecule is C=CCOc1ccc(/C=C(/C#N)C(=O)c2ccccc2)cc1. The van der Waals surface area contributed by atoms with Gasteiger partial charge in [0.1, 0.15) is 24.0 Å². The molecule has 3 heteroatoms. The van der Waals surface area contributed by atoms with E-state index in [2.05, 4.69) is 6.58 Å². The van der Waals surface area contributed by atoms with Crippen molar-refractivity contribution in [3.05, 3.63) is 84.0 Å². The molecule has 0 aliphatic rings. The van der Waals surface area contributed by atoms with Gasteiger partial charge in [-0.1, -0.05) is 55.1 Å². The number of Topliss-reactive ketones (excluding diaryl/α,β-unsaturated/α-hetero) is 1. The molecule has 0 aliphatic heterocycles. The topological polar surface area (TPSA) is 50.1 Å². The molecule has 0 spiro atoms. The van der Waals surface area contributed by atoms with Gasteiger partial charge in [-0.05, 0) is 23.8 Å². The molecule has 0 amide bonds. The van der Waals surface area contributed by atoms with Crippen molar-refractivity contribution in [2.24, 2.45) is 0 Å². The van der Waals surface area contributed by atoms with Crippen molar-refractivity contribution in [2.75, 3.05) is 6.61 Å². The molecule has 2 rings (SSSR count). The van der Waals surface area contributed by atoms with Crippen LogP contribution in [-0.4, -0.2) is 12.4 Å². The molecule has 0 aliphatic carbocycles. The molecule has 0 radical (unpaired) electrons. The Bertz CT molecular complexity index is 722. The van der Waals surface area contributed by atoms with Crippen molar-refractivity contribution < 1.29 is 9.53 Å². The van der Waals surface area contributed by atoms with Crippen LogP contribution in [-0.2, 0) is 0 Å². The molecule has 108 valence electrons. The zero-order valence-corrected chi connectivity index (χ0v) is 12.0. The van der Waals surface area contributed by atoms with E-state index in [1.165, 1.54) is 0 Å². The normalized spacial score (nSPS) is 10.6. The van der Waals surface area contributed by atoms with E-state index in [0.717, 1.165) is 5.56 Å². The summed E-state index contributed by atoms with van der Waals surface area (Å²) in [4.78, 5) is 12.3. The van der Waals surface area contributed by atoms with Crippen molar-refractivity contribution in [1.29, 1.82) is 5.26 Å². The molecular formula is C19H15NO2. The van der Waals surface area contributed by atoms with E-state index < -0.39 is 0 Å². The molecule has 2 aromatic rings. The van der Waals surface area contributed by atoms with Crippen LogP contribution in [0.1, 0.15) is 15.9 Å². The number of hydrogen-bond donors (Lipinski definition) is 0. The maximum atomic E-state index is 12.3. The Labute approximate surface area is 129 Å². The van der Waals surface area contributed by atoms with Gasteiger partial charge in [-0.25, -0.2) is 0 Å². The monoisotopic (exact) mass is 289 g/mol. The summed E-state index contributed by atoms with van der Waals surface area (Å²) in [6.45, 7) is 4.02. The molecule has 0 atom stereocenters. The minimum Gasteiger partial charge on any atom is -0.490 e. The Morgan fingerprint density at radius 1 is 1.14 bits per heavy atom. The van der Waals surface area contributed by atoms with Gasteiger partial charge in [0.25, 0.3) is 0 Å². The zero-order valence-electron chi connectivity index (χ0n) is 12.0. The van der Waals surface area contributed by atoms with E-state index in [1.807, 2.05) is 12.1 Å². The first-order valence-electron chi connectivity index (χ1n) is 6.80. The number of ether oxygens (including phenoxy) is 1. The molecule has 22 heavy (non-hydrogen) atoms. The van der Waals surface area contributed by atoms with E-state index in [-0.39, 0.29) is 11.4 Å². The number of carbonyl (C=O) groups is 1. The van der Waals surface area contributed by atoms with Gasteiger partial charge in [-0.3, -0.25) is 4.79 Å². The zero-order chi connectivity index (χ0) is 15.8. The lowest BCUT2D eigenvalue weighted by Gasteiger charge is -2.03. The van der Waals surface area contributed by atoms with Gasteiger partial charge >= 0.3 is 0 Å². The van der Waals surface area contributed by atoms with Crippen molar-refractivity contribution in [3.63, 3.8) is 0 Å². The fraction of sp³-hybridized carbons (Fsp3) is 0.0526. The van der Waals surface area contributed by atoms with Gasteiger partial charge in [0, 0.05) is 5.56 Å². The Hall–Kier alpha value is -3.12. The minimum atomic E-state index is -0.282. The van der Waals surface area contributed by atoms with Crippen molar-refractivity contribution >= 4 is 11.9 Å². The predicted octanol–water partition coefficient (Wildman–Crippen LogP) is 4.04. The number of hydrogen-bond acceptors (Lipinski definition) is 3. The van der Waals surface area contributed by atoms with E-state index in [0.29, 0.717) is 17.9 Å². The third kappa shape index (κ3) is 3.94. The van der Waals surface area contributed by atoms with Crippen LogP contribution in [0.2, 0.25) is 0 Å². The fourth-order valence-corrected chi connectivity index (χ4v) is 1.88. The molecule has 0 saturated carbocycles. The molecule has 0 heterocycles. The van der Waals surface area contributed by atoms with Crippen LogP contribution in [0.5, 0.6) is 5.75 Å². The van der Waals surface area contributed by atoms with Crippen LogP contribution >= 0.6 is 0 Å². The minimum absolute atomic E-state index is 0.103. The summed E-state index contributed by atoms with van der Waals surface area (Å²) < 4.78 is 5.39. The van der Waals surface area contributed by atoms with Gasteiger partial charge in [0.2, 0.25) is 5.78 Å². The van der Waals surface area contributed by atoms with Crippen LogP contribution in [0.3, 0.4) is 0 Å². The van der Waals surface area contributed by atoms with Crippen molar-refractivity contribution in [2.45, 2.75) is 0 Å². The standard InChI is InChI=1S/C19H15NO2/c1-2-12-22-18-10-8-15(9-11-18)13-17(14-20)19(21)16-6-4-3-5-7-16/h2-11,13H,1,12H2/b17-13-. The Morgan fingerprint density at radius 3 is 2.41 bits per heavy atom. The Balaban J connectivity index is 2.20. The Morgan fingerprint density at radius 2 is 1.82 bits per heavy atom. The lowest BCUT2D eigenvalue weighted by atomic mass is 10.0. The summed E-state index contributed by atoms with van der Waals surface area (Å²) in [6.07, 6.45) is 3.24. The first-order valence-corrected chi connectivity index (χ1v) is 6.80. The highest BCUT2D eigenvalue weighted by Gasteiger charge is 2.11. The number of carbonyl (C=O) groups excluding carboxylic acids is 1. The van der Waals surface area contributed by atoms with Gasteiger partial charge in [-0.2, -0.15) is 5.26 Å². The molecule has 0 fully saturated rings. The third-order valence-corrected chi connectivity index (χ3v) is 2.96. The fourth-order valence-electron chi connectivity index (χ4n) is 1.88. The smallest absolute Gasteiger partial charge is 0.203 e. The van der Waals surface area contributed by atoms with Crippen LogP contribution in [0.4, 0.5) is 0 Å².